The maximum absolute atomic E-state index is 14.0. The lowest BCUT2D eigenvalue weighted by Crippen LogP contribution is -2.40. The van der Waals surface area contributed by atoms with Gasteiger partial charge in [-0.25, -0.2) is 12.8 Å². The normalized spacial score (nSPS) is 19.2. The highest BCUT2D eigenvalue weighted by atomic mass is 32.2. The molecule has 0 unspecified atom stereocenters. The van der Waals surface area contributed by atoms with Gasteiger partial charge in [-0.1, -0.05) is 19.9 Å². The maximum Gasteiger partial charge on any atom is 0.153 e. The minimum atomic E-state index is -2.92. The summed E-state index contributed by atoms with van der Waals surface area (Å²) in [6, 6.07) is 5.21. The van der Waals surface area contributed by atoms with Crippen LogP contribution in [0.1, 0.15) is 25.3 Å². The second kappa shape index (κ2) is 4.88. The van der Waals surface area contributed by atoms with Gasteiger partial charge in [0.15, 0.2) is 9.84 Å². The molecule has 100 valence electrons. The van der Waals surface area contributed by atoms with Crippen LogP contribution in [-0.4, -0.2) is 33.0 Å². The molecule has 0 aliphatic carbocycles. The van der Waals surface area contributed by atoms with E-state index in [9.17, 15) is 12.8 Å². The van der Waals surface area contributed by atoms with Crippen LogP contribution in [0.25, 0.3) is 0 Å². The van der Waals surface area contributed by atoms with E-state index in [2.05, 4.69) is 0 Å². The molecular weight excluding hydrogens is 253 g/mol. The molecule has 18 heavy (non-hydrogen) atoms. The second-order valence-electron chi connectivity index (χ2n) is 5.00. The van der Waals surface area contributed by atoms with E-state index in [1.807, 2.05) is 19.9 Å². The van der Waals surface area contributed by atoms with Crippen molar-refractivity contribution in [1.82, 2.24) is 0 Å². The minimum Gasteiger partial charge on any atom is -0.367 e. The van der Waals surface area contributed by atoms with Crippen LogP contribution in [0.2, 0.25) is 0 Å². The van der Waals surface area contributed by atoms with E-state index < -0.39 is 9.84 Å². The summed E-state index contributed by atoms with van der Waals surface area (Å²) in [7, 11) is -2.92. The molecule has 0 amide bonds. The van der Waals surface area contributed by atoms with Gasteiger partial charge in [0.25, 0.3) is 0 Å². The van der Waals surface area contributed by atoms with E-state index in [-0.39, 0.29) is 23.2 Å². The standard InChI is InChI=1S/C13H18FNO2S/c1-10(2)11-3-4-13(12(14)9-11)15-5-7-18(16,17)8-6-15/h3-4,9-10H,5-8H2,1-2H3. The molecule has 1 aliphatic heterocycles. The Morgan fingerprint density at radius 1 is 1.22 bits per heavy atom. The minimum absolute atomic E-state index is 0.109. The quantitative estimate of drug-likeness (QED) is 0.827. The third-order valence-electron chi connectivity index (χ3n) is 3.32. The second-order valence-corrected chi connectivity index (χ2v) is 7.31. The molecule has 3 nitrogen and oxygen atoms in total. The van der Waals surface area contributed by atoms with E-state index in [1.54, 1.807) is 17.0 Å². The number of sulfone groups is 1. The van der Waals surface area contributed by atoms with Crippen molar-refractivity contribution in [3.63, 3.8) is 0 Å². The molecule has 1 heterocycles. The van der Waals surface area contributed by atoms with Crippen molar-refractivity contribution in [3.05, 3.63) is 29.6 Å². The Labute approximate surface area is 108 Å². The summed E-state index contributed by atoms with van der Waals surface area (Å²) in [5, 5.41) is 0. The van der Waals surface area contributed by atoms with Crippen LogP contribution in [0, 0.1) is 5.82 Å². The SMILES string of the molecule is CC(C)c1ccc(N2CCS(=O)(=O)CC2)c(F)c1. The van der Waals surface area contributed by atoms with Crippen molar-refractivity contribution < 1.29 is 12.8 Å². The zero-order valence-electron chi connectivity index (χ0n) is 10.7. The van der Waals surface area contributed by atoms with E-state index in [4.69, 9.17) is 0 Å². The van der Waals surface area contributed by atoms with Crippen LogP contribution in [0.3, 0.4) is 0 Å². The lowest BCUT2D eigenvalue weighted by molar-refractivity contribution is 0.581. The molecule has 0 atom stereocenters. The van der Waals surface area contributed by atoms with Gasteiger partial charge in [-0.3, -0.25) is 0 Å². The molecule has 0 saturated carbocycles. The highest BCUT2D eigenvalue weighted by Crippen LogP contribution is 2.25. The van der Waals surface area contributed by atoms with Crippen molar-refractivity contribution in [2.75, 3.05) is 29.5 Å². The summed E-state index contributed by atoms with van der Waals surface area (Å²) in [5.74, 6) is 0.243. The van der Waals surface area contributed by atoms with Gasteiger partial charge in [0.2, 0.25) is 0 Å². The van der Waals surface area contributed by atoms with E-state index >= 15 is 0 Å². The Bertz CT molecular complexity index is 526. The number of nitrogens with zero attached hydrogens (tertiary/aromatic N) is 1. The molecule has 1 saturated heterocycles. The molecule has 0 aromatic heterocycles. The van der Waals surface area contributed by atoms with Crippen molar-refractivity contribution in [2.24, 2.45) is 0 Å². The lowest BCUT2D eigenvalue weighted by atomic mass is 10.0. The number of hydrogen-bond acceptors (Lipinski definition) is 3. The average Bonchev–Trinajstić information content (AvgIpc) is 2.29. The van der Waals surface area contributed by atoms with Gasteiger partial charge in [-0.2, -0.15) is 0 Å². The summed E-state index contributed by atoms with van der Waals surface area (Å²) in [4.78, 5) is 1.81. The van der Waals surface area contributed by atoms with Crippen molar-refractivity contribution in [3.8, 4) is 0 Å². The van der Waals surface area contributed by atoms with Crippen molar-refractivity contribution in [1.29, 1.82) is 0 Å². The maximum atomic E-state index is 14.0. The molecule has 5 heteroatoms. The van der Waals surface area contributed by atoms with Crippen molar-refractivity contribution >= 4 is 15.5 Å². The zero-order chi connectivity index (χ0) is 13.3. The molecule has 1 aromatic carbocycles. The Morgan fingerprint density at radius 2 is 1.83 bits per heavy atom. The van der Waals surface area contributed by atoms with E-state index in [0.717, 1.165) is 5.56 Å². The molecule has 0 radical (unpaired) electrons. The van der Waals surface area contributed by atoms with Gasteiger partial charge in [-0.05, 0) is 23.6 Å². The average molecular weight is 271 g/mol. The smallest absolute Gasteiger partial charge is 0.153 e. The van der Waals surface area contributed by atoms with Gasteiger partial charge in [-0.15, -0.1) is 0 Å². The molecule has 0 spiro atoms. The van der Waals surface area contributed by atoms with Gasteiger partial charge >= 0.3 is 0 Å². The van der Waals surface area contributed by atoms with Crippen LogP contribution < -0.4 is 4.90 Å². The molecule has 1 aromatic rings. The van der Waals surface area contributed by atoms with Gasteiger partial charge in [0.05, 0.1) is 17.2 Å². The van der Waals surface area contributed by atoms with Gasteiger partial charge in [0.1, 0.15) is 5.82 Å². The molecule has 1 fully saturated rings. The molecule has 2 rings (SSSR count). The first-order chi connectivity index (χ1) is 8.39. The fourth-order valence-corrected chi connectivity index (χ4v) is 3.29. The van der Waals surface area contributed by atoms with Crippen LogP contribution in [0.5, 0.6) is 0 Å². The van der Waals surface area contributed by atoms with Crippen LogP contribution in [-0.2, 0) is 9.84 Å². The Balaban J connectivity index is 2.20. The third kappa shape index (κ3) is 2.83. The monoisotopic (exact) mass is 271 g/mol. The molecule has 1 aliphatic rings. The van der Waals surface area contributed by atoms with Gasteiger partial charge < -0.3 is 4.90 Å². The predicted octanol–water partition coefficient (Wildman–Crippen LogP) is 2.18. The first-order valence-electron chi connectivity index (χ1n) is 6.14. The number of rotatable bonds is 2. The van der Waals surface area contributed by atoms with Crippen LogP contribution >= 0.6 is 0 Å². The fraction of sp³-hybridized carbons (Fsp3) is 0.538. The van der Waals surface area contributed by atoms with E-state index in [0.29, 0.717) is 18.8 Å². The largest absolute Gasteiger partial charge is 0.367 e. The highest BCUT2D eigenvalue weighted by molar-refractivity contribution is 7.91. The summed E-state index contributed by atoms with van der Waals surface area (Å²) in [6.45, 7) is 4.78. The van der Waals surface area contributed by atoms with E-state index in [1.165, 1.54) is 0 Å². The summed E-state index contributed by atoms with van der Waals surface area (Å²) in [5.41, 5.74) is 1.47. The fourth-order valence-electron chi connectivity index (χ4n) is 2.09. The molecule has 0 N–H and O–H groups in total. The predicted molar refractivity (Wildman–Crippen MR) is 71.4 cm³/mol. The Kier molecular flexibility index (Phi) is 3.61. The summed E-state index contributed by atoms with van der Waals surface area (Å²) < 4.78 is 36.7. The van der Waals surface area contributed by atoms with Crippen LogP contribution in [0.15, 0.2) is 18.2 Å². The Hall–Kier alpha value is -1.10. The third-order valence-corrected chi connectivity index (χ3v) is 4.93. The Morgan fingerprint density at radius 3 is 2.33 bits per heavy atom. The summed E-state index contributed by atoms with van der Waals surface area (Å²) in [6.07, 6.45) is 0. The summed E-state index contributed by atoms with van der Waals surface area (Å²) >= 11 is 0. The first-order valence-corrected chi connectivity index (χ1v) is 7.96. The van der Waals surface area contributed by atoms with Crippen molar-refractivity contribution in [2.45, 2.75) is 19.8 Å². The molecule has 0 bridgehead atoms. The number of anilines is 1. The van der Waals surface area contributed by atoms with Gasteiger partial charge in [0, 0.05) is 13.1 Å². The highest BCUT2D eigenvalue weighted by Gasteiger charge is 2.23. The van der Waals surface area contributed by atoms with Crippen LogP contribution in [0.4, 0.5) is 10.1 Å². The zero-order valence-corrected chi connectivity index (χ0v) is 11.5. The first kappa shape index (κ1) is 13.3. The topological polar surface area (TPSA) is 37.4 Å². The number of benzene rings is 1. The number of hydrogen-bond donors (Lipinski definition) is 0. The molecular formula is C13H18FNO2S. The number of halogens is 1. The lowest BCUT2D eigenvalue weighted by Gasteiger charge is -2.29.